The number of hydrogen-bond acceptors (Lipinski definition) is 1. The van der Waals surface area contributed by atoms with E-state index in [-0.39, 0.29) is 0 Å². The lowest BCUT2D eigenvalue weighted by Crippen LogP contribution is -2.25. The van der Waals surface area contributed by atoms with Crippen LogP contribution in [0.4, 0.5) is 0 Å². The van der Waals surface area contributed by atoms with Gasteiger partial charge in [0.15, 0.2) is 0 Å². The Morgan fingerprint density at radius 1 is 1.06 bits per heavy atom. The molecule has 0 heterocycles. The number of nitrogens with one attached hydrogen (secondary N) is 1. The van der Waals surface area contributed by atoms with Crippen molar-refractivity contribution in [3.8, 4) is 0 Å². The molecule has 1 atom stereocenters. The van der Waals surface area contributed by atoms with Crippen LogP contribution >= 0.6 is 0 Å². The van der Waals surface area contributed by atoms with Gasteiger partial charge in [-0.05, 0) is 49.4 Å². The molecule has 0 spiro atoms. The van der Waals surface area contributed by atoms with Crippen molar-refractivity contribution in [1.29, 1.82) is 0 Å². The third-order valence-corrected chi connectivity index (χ3v) is 3.34. The van der Waals surface area contributed by atoms with Crippen LogP contribution in [0.25, 0.3) is 0 Å². The highest BCUT2D eigenvalue weighted by molar-refractivity contribution is 5.22. The highest BCUT2D eigenvalue weighted by atomic mass is 14.8. The average molecular weight is 219 g/mol. The second-order valence-corrected chi connectivity index (χ2v) is 4.94. The zero-order valence-corrected chi connectivity index (χ0v) is 11.1. The van der Waals surface area contributed by atoms with Crippen LogP contribution in [0.2, 0.25) is 0 Å². The molecular formula is C15H25N. The summed E-state index contributed by atoms with van der Waals surface area (Å²) in [5, 5.41) is 3.29. The summed E-state index contributed by atoms with van der Waals surface area (Å²) in [6.45, 7) is 7.92. The van der Waals surface area contributed by atoms with Gasteiger partial charge in [-0.2, -0.15) is 0 Å². The van der Waals surface area contributed by atoms with Gasteiger partial charge in [0, 0.05) is 0 Å². The van der Waals surface area contributed by atoms with Crippen molar-refractivity contribution in [3.05, 3.63) is 35.4 Å². The van der Waals surface area contributed by atoms with E-state index in [1.165, 1.54) is 17.5 Å². The molecule has 1 aromatic carbocycles. The first-order valence-corrected chi connectivity index (χ1v) is 6.39. The highest BCUT2D eigenvalue weighted by Crippen LogP contribution is 2.17. The molecule has 0 aliphatic heterocycles. The van der Waals surface area contributed by atoms with Crippen molar-refractivity contribution in [1.82, 2.24) is 5.32 Å². The fraction of sp³-hybridized carbons (Fsp3) is 0.600. The molecule has 0 aromatic heterocycles. The van der Waals surface area contributed by atoms with Gasteiger partial charge < -0.3 is 5.32 Å². The Kier molecular flexibility index (Phi) is 5.54. The van der Waals surface area contributed by atoms with Gasteiger partial charge in [-0.25, -0.2) is 0 Å². The third-order valence-electron chi connectivity index (χ3n) is 3.34. The van der Waals surface area contributed by atoms with Crippen LogP contribution in [0.3, 0.4) is 0 Å². The monoisotopic (exact) mass is 219 g/mol. The van der Waals surface area contributed by atoms with E-state index in [0.29, 0.717) is 0 Å². The van der Waals surface area contributed by atoms with Crippen molar-refractivity contribution in [2.45, 2.75) is 33.6 Å². The van der Waals surface area contributed by atoms with Crippen LogP contribution < -0.4 is 5.32 Å². The summed E-state index contributed by atoms with van der Waals surface area (Å²) in [7, 11) is 2.04. The predicted octanol–water partition coefficient (Wildman–Crippen LogP) is 3.28. The predicted molar refractivity (Wildman–Crippen MR) is 71.8 cm³/mol. The molecule has 1 rings (SSSR count). The number of benzene rings is 1. The molecule has 1 N–H and O–H groups in total. The maximum atomic E-state index is 3.29. The molecule has 0 aliphatic carbocycles. The van der Waals surface area contributed by atoms with Crippen molar-refractivity contribution in [3.63, 3.8) is 0 Å². The Balaban J connectivity index is 2.62. The maximum Gasteiger partial charge on any atom is -0.00179 e. The SMILES string of the molecule is CCc1ccc(CC(CNC)C(C)C)cc1. The molecule has 0 aliphatic rings. The van der Waals surface area contributed by atoms with E-state index >= 15 is 0 Å². The molecular weight excluding hydrogens is 194 g/mol. The summed E-state index contributed by atoms with van der Waals surface area (Å²) >= 11 is 0. The minimum Gasteiger partial charge on any atom is -0.319 e. The van der Waals surface area contributed by atoms with Gasteiger partial charge in [-0.15, -0.1) is 0 Å². The molecule has 0 saturated carbocycles. The van der Waals surface area contributed by atoms with E-state index in [1.54, 1.807) is 0 Å². The van der Waals surface area contributed by atoms with E-state index in [0.717, 1.165) is 24.8 Å². The van der Waals surface area contributed by atoms with Crippen molar-refractivity contribution < 1.29 is 0 Å². The summed E-state index contributed by atoms with van der Waals surface area (Å²) in [5.74, 6) is 1.47. The first-order chi connectivity index (χ1) is 7.67. The summed E-state index contributed by atoms with van der Waals surface area (Å²) in [6.07, 6.45) is 2.31. The topological polar surface area (TPSA) is 12.0 Å². The second kappa shape index (κ2) is 6.70. The number of aryl methyl sites for hydroxylation is 1. The van der Waals surface area contributed by atoms with E-state index in [4.69, 9.17) is 0 Å². The van der Waals surface area contributed by atoms with Crippen LogP contribution in [0.15, 0.2) is 24.3 Å². The van der Waals surface area contributed by atoms with Gasteiger partial charge in [0.2, 0.25) is 0 Å². The molecule has 1 heteroatoms. The van der Waals surface area contributed by atoms with Crippen molar-refractivity contribution >= 4 is 0 Å². The summed E-state index contributed by atoms with van der Waals surface area (Å²) in [5.41, 5.74) is 2.89. The number of rotatable bonds is 6. The maximum absolute atomic E-state index is 3.29. The lowest BCUT2D eigenvalue weighted by molar-refractivity contribution is 0.370. The van der Waals surface area contributed by atoms with Gasteiger partial charge in [-0.1, -0.05) is 45.0 Å². The van der Waals surface area contributed by atoms with E-state index in [9.17, 15) is 0 Å². The van der Waals surface area contributed by atoms with Crippen LogP contribution in [-0.2, 0) is 12.8 Å². The summed E-state index contributed by atoms with van der Waals surface area (Å²) in [6, 6.07) is 9.08. The van der Waals surface area contributed by atoms with Crippen molar-refractivity contribution in [2.75, 3.05) is 13.6 Å². The Hall–Kier alpha value is -0.820. The van der Waals surface area contributed by atoms with Crippen LogP contribution in [-0.4, -0.2) is 13.6 Å². The molecule has 16 heavy (non-hydrogen) atoms. The van der Waals surface area contributed by atoms with E-state index in [1.807, 2.05) is 7.05 Å². The smallest absolute Gasteiger partial charge is 0.00179 e. The molecule has 0 bridgehead atoms. The Morgan fingerprint density at radius 3 is 2.06 bits per heavy atom. The Bertz CT molecular complexity index is 287. The molecule has 0 amide bonds. The fourth-order valence-electron chi connectivity index (χ4n) is 2.02. The zero-order valence-electron chi connectivity index (χ0n) is 11.1. The molecule has 1 nitrogen and oxygen atoms in total. The molecule has 1 aromatic rings. The van der Waals surface area contributed by atoms with Crippen LogP contribution in [0.5, 0.6) is 0 Å². The largest absolute Gasteiger partial charge is 0.319 e. The van der Waals surface area contributed by atoms with Gasteiger partial charge in [0.1, 0.15) is 0 Å². The zero-order chi connectivity index (χ0) is 12.0. The second-order valence-electron chi connectivity index (χ2n) is 4.94. The van der Waals surface area contributed by atoms with Gasteiger partial charge in [0.25, 0.3) is 0 Å². The quantitative estimate of drug-likeness (QED) is 0.774. The van der Waals surface area contributed by atoms with E-state index in [2.05, 4.69) is 50.4 Å². The molecule has 0 fully saturated rings. The molecule has 90 valence electrons. The fourth-order valence-corrected chi connectivity index (χ4v) is 2.02. The number of hydrogen-bond donors (Lipinski definition) is 1. The van der Waals surface area contributed by atoms with Crippen LogP contribution in [0, 0.1) is 11.8 Å². The Morgan fingerprint density at radius 2 is 1.62 bits per heavy atom. The van der Waals surface area contributed by atoms with Gasteiger partial charge in [0.05, 0.1) is 0 Å². The minimum absolute atomic E-state index is 0.734. The van der Waals surface area contributed by atoms with Gasteiger partial charge >= 0.3 is 0 Å². The summed E-state index contributed by atoms with van der Waals surface area (Å²) in [4.78, 5) is 0. The summed E-state index contributed by atoms with van der Waals surface area (Å²) < 4.78 is 0. The van der Waals surface area contributed by atoms with Crippen LogP contribution in [0.1, 0.15) is 31.9 Å². The van der Waals surface area contributed by atoms with Crippen molar-refractivity contribution in [2.24, 2.45) is 11.8 Å². The average Bonchev–Trinajstić information content (AvgIpc) is 2.29. The van der Waals surface area contributed by atoms with E-state index < -0.39 is 0 Å². The first-order valence-electron chi connectivity index (χ1n) is 6.39. The lowest BCUT2D eigenvalue weighted by Gasteiger charge is -2.20. The molecule has 1 unspecified atom stereocenters. The third kappa shape index (κ3) is 3.97. The molecule has 0 radical (unpaired) electrons. The normalized spacial score (nSPS) is 13.1. The minimum atomic E-state index is 0.734. The lowest BCUT2D eigenvalue weighted by atomic mass is 9.89. The highest BCUT2D eigenvalue weighted by Gasteiger charge is 2.12. The standard InChI is InChI=1S/C15H25N/c1-5-13-6-8-14(9-7-13)10-15(11-16-4)12(2)3/h6-9,12,15-16H,5,10-11H2,1-4H3. The molecule has 0 saturated heterocycles. The van der Waals surface area contributed by atoms with Gasteiger partial charge in [-0.3, -0.25) is 0 Å². The first kappa shape index (κ1) is 13.2. The Labute approximate surface area is 100 Å².